The van der Waals surface area contributed by atoms with Gasteiger partial charge in [-0.15, -0.1) is 0 Å². The predicted molar refractivity (Wildman–Crippen MR) is 77.4 cm³/mol. The second-order valence-corrected chi connectivity index (χ2v) is 6.51. The molecule has 2 aromatic heterocycles. The van der Waals surface area contributed by atoms with Crippen molar-refractivity contribution < 1.29 is 9.90 Å². The Kier molecular flexibility index (Phi) is 3.89. The van der Waals surface area contributed by atoms with Crippen LogP contribution in [-0.2, 0) is 17.3 Å². The molecule has 0 fully saturated rings. The highest BCUT2D eigenvalue weighted by molar-refractivity contribution is 7.99. The minimum atomic E-state index is -0.854. The van der Waals surface area contributed by atoms with Crippen LogP contribution in [0.3, 0.4) is 0 Å². The van der Waals surface area contributed by atoms with Crippen LogP contribution in [0.25, 0.3) is 5.69 Å². The van der Waals surface area contributed by atoms with Crippen LogP contribution in [0.2, 0.25) is 0 Å². The molecule has 20 heavy (non-hydrogen) atoms. The van der Waals surface area contributed by atoms with Gasteiger partial charge in [-0.05, 0) is 0 Å². The summed E-state index contributed by atoms with van der Waals surface area (Å²) < 4.78 is 3.69. The molecule has 6 nitrogen and oxygen atoms in total. The summed E-state index contributed by atoms with van der Waals surface area (Å²) in [5.41, 5.74) is 1.83. The smallest absolute Gasteiger partial charge is 0.313 e. The first-order valence-corrected chi connectivity index (χ1v) is 7.19. The fourth-order valence-corrected chi connectivity index (χ4v) is 2.58. The highest BCUT2D eigenvalue weighted by Gasteiger charge is 2.23. The Labute approximate surface area is 121 Å². The summed E-state index contributed by atoms with van der Waals surface area (Å²) in [6.07, 6.45) is 5.45. The standard InChI is InChI=1S/C13H18N4O2S/c1-13(2,3)10-6-14-12(20-8-11(18)19)17(10)9-5-15-16(4)7-9/h5-7H,8H2,1-4H3,(H,18,19). The van der Waals surface area contributed by atoms with Gasteiger partial charge in [-0.25, -0.2) is 4.98 Å². The third-order valence-corrected chi connectivity index (χ3v) is 3.71. The number of thioether (sulfide) groups is 1. The second-order valence-electron chi connectivity index (χ2n) is 5.57. The first-order valence-electron chi connectivity index (χ1n) is 6.21. The van der Waals surface area contributed by atoms with Gasteiger partial charge in [0, 0.05) is 24.4 Å². The zero-order valence-electron chi connectivity index (χ0n) is 12.0. The monoisotopic (exact) mass is 294 g/mol. The molecule has 7 heteroatoms. The minimum absolute atomic E-state index is 0.0130. The first kappa shape index (κ1) is 14.6. The van der Waals surface area contributed by atoms with E-state index in [0.29, 0.717) is 5.16 Å². The number of carboxylic acid groups (broad SMARTS) is 1. The maximum Gasteiger partial charge on any atom is 0.313 e. The molecule has 2 heterocycles. The van der Waals surface area contributed by atoms with E-state index in [9.17, 15) is 4.79 Å². The van der Waals surface area contributed by atoms with Gasteiger partial charge in [0.05, 0.1) is 23.8 Å². The molecule has 0 atom stereocenters. The van der Waals surface area contributed by atoms with Gasteiger partial charge in [0.2, 0.25) is 0 Å². The van der Waals surface area contributed by atoms with Crippen LogP contribution in [0, 0.1) is 0 Å². The molecule has 2 aromatic rings. The molecule has 0 aliphatic heterocycles. The van der Waals surface area contributed by atoms with Gasteiger partial charge >= 0.3 is 5.97 Å². The molecule has 0 saturated carbocycles. The number of aromatic nitrogens is 4. The second kappa shape index (κ2) is 5.32. The number of nitrogens with zero attached hydrogens (tertiary/aromatic N) is 4. The van der Waals surface area contributed by atoms with Crippen molar-refractivity contribution in [3.8, 4) is 5.69 Å². The van der Waals surface area contributed by atoms with Crippen LogP contribution < -0.4 is 0 Å². The normalized spacial score (nSPS) is 11.8. The van der Waals surface area contributed by atoms with Crippen molar-refractivity contribution in [1.29, 1.82) is 0 Å². The molecule has 0 aliphatic rings. The van der Waals surface area contributed by atoms with Crippen molar-refractivity contribution >= 4 is 17.7 Å². The average Bonchev–Trinajstić information content (AvgIpc) is 2.90. The molecule has 0 radical (unpaired) electrons. The van der Waals surface area contributed by atoms with Crippen LogP contribution >= 0.6 is 11.8 Å². The lowest BCUT2D eigenvalue weighted by Gasteiger charge is -2.20. The number of aryl methyl sites for hydroxylation is 1. The average molecular weight is 294 g/mol. The molecule has 0 aliphatic carbocycles. The number of carboxylic acids is 1. The Morgan fingerprint density at radius 3 is 2.60 bits per heavy atom. The molecule has 2 rings (SSSR count). The van der Waals surface area contributed by atoms with Crippen LogP contribution in [-0.4, -0.2) is 36.2 Å². The van der Waals surface area contributed by atoms with Gasteiger partial charge in [-0.3, -0.25) is 14.0 Å². The Bertz CT molecular complexity index is 625. The minimum Gasteiger partial charge on any atom is -0.481 e. The molecule has 0 aromatic carbocycles. The van der Waals surface area contributed by atoms with E-state index >= 15 is 0 Å². The summed E-state index contributed by atoms with van der Waals surface area (Å²) in [4.78, 5) is 15.1. The van der Waals surface area contributed by atoms with E-state index in [1.165, 1.54) is 11.8 Å². The van der Waals surface area contributed by atoms with E-state index < -0.39 is 5.97 Å². The SMILES string of the molecule is Cn1cc(-n2c(C(C)(C)C)cnc2SCC(=O)O)cn1. The molecule has 0 unspecified atom stereocenters. The summed E-state index contributed by atoms with van der Waals surface area (Å²) in [6, 6.07) is 0. The predicted octanol–water partition coefficient (Wildman–Crippen LogP) is 2.08. The Morgan fingerprint density at radius 2 is 2.10 bits per heavy atom. The number of rotatable bonds is 4. The van der Waals surface area contributed by atoms with Crippen LogP contribution in [0.1, 0.15) is 26.5 Å². The van der Waals surface area contributed by atoms with E-state index in [0.717, 1.165) is 11.4 Å². The van der Waals surface area contributed by atoms with Crippen molar-refractivity contribution in [2.75, 3.05) is 5.75 Å². The lowest BCUT2D eigenvalue weighted by Crippen LogP contribution is -2.17. The number of imidazole rings is 1. The molecule has 0 amide bonds. The fraction of sp³-hybridized carbons (Fsp3) is 0.462. The van der Waals surface area contributed by atoms with Crippen molar-refractivity contribution in [2.24, 2.45) is 7.05 Å². The lowest BCUT2D eigenvalue weighted by molar-refractivity contribution is -0.133. The van der Waals surface area contributed by atoms with Crippen LogP contribution in [0.15, 0.2) is 23.7 Å². The van der Waals surface area contributed by atoms with Crippen molar-refractivity contribution in [3.05, 3.63) is 24.3 Å². The van der Waals surface area contributed by atoms with Gasteiger partial charge in [0.25, 0.3) is 0 Å². The number of carbonyl (C=O) groups is 1. The molecule has 1 N–H and O–H groups in total. The maximum atomic E-state index is 10.8. The molecule has 108 valence electrons. The number of aliphatic carboxylic acids is 1. The molecule has 0 spiro atoms. The highest BCUT2D eigenvalue weighted by Crippen LogP contribution is 2.30. The van der Waals surface area contributed by atoms with Gasteiger partial charge < -0.3 is 5.11 Å². The molecule has 0 saturated heterocycles. The van der Waals surface area contributed by atoms with E-state index in [2.05, 4.69) is 30.9 Å². The van der Waals surface area contributed by atoms with E-state index in [4.69, 9.17) is 5.11 Å². The maximum absolute atomic E-state index is 10.8. The third-order valence-electron chi connectivity index (χ3n) is 2.77. The van der Waals surface area contributed by atoms with Crippen LogP contribution in [0.4, 0.5) is 0 Å². The Hall–Kier alpha value is -1.76. The summed E-state index contributed by atoms with van der Waals surface area (Å²) in [5.74, 6) is -0.867. The lowest BCUT2D eigenvalue weighted by atomic mass is 9.92. The van der Waals surface area contributed by atoms with Crippen molar-refractivity contribution in [3.63, 3.8) is 0 Å². The zero-order chi connectivity index (χ0) is 14.9. The zero-order valence-corrected chi connectivity index (χ0v) is 12.8. The number of hydrogen-bond acceptors (Lipinski definition) is 4. The van der Waals surface area contributed by atoms with Gasteiger partial charge in [0.15, 0.2) is 5.16 Å². The molecule has 0 bridgehead atoms. The summed E-state index contributed by atoms with van der Waals surface area (Å²) in [5, 5.41) is 13.7. The third kappa shape index (κ3) is 3.04. The summed E-state index contributed by atoms with van der Waals surface area (Å²) >= 11 is 1.21. The Morgan fingerprint density at radius 1 is 1.40 bits per heavy atom. The van der Waals surface area contributed by atoms with Crippen molar-refractivity contribution in [1.82, 2.24) is 19.3 Å². The largest absolute Gasteiger partial charge is 0.481 e. The molecular weight excluding hydrogens is 276 g/mol. The summed E-state index contributed by atoms with van der Waals surface area (Å²) in [7, 11) is 1.85. The van der Waals surface area contributed by atoms with Crippen LogP contribution in [0.5, 0.6) is 0 Å². The fourth-order valence-electron chi connectivity index (χ4n) is 1.87. The Balaban J connectivity index is 2.48. The summed E-state index contributed by atoms with van der Waals surface area (Å²) in [6.45, 7) is 6.30. The van der Waals surface area contributed by atoms with E-state index in [-0.39, 0.29) is 11.2 Å². The van der Waals surface area contributed by atoms with Gasteiger partial charge in [0.1, 0.15) is 0 Å². The topological polar surface area (TPSA) is 72.9 Å². The quantitative estimate of drug-likeness (QED) is 0.874. The first-order chi connectivity index (χ1) is 9.29. The number of hydrogen-bond donors (Lipinski definition) is 1. The van der Waals surface area contributed by atoms with E-state index in [1.807, 2.05) is 17.8 Å². The molecular formula is C13H18N4O2S. The van der Waals surface area contributed by atoms with Crippen molar-refractivity contribution in [2.45, 2.75) is 31.3 Å². The van der Waals surface area contributed by atoms with Gasteiger partial charge in [-0.1, -0.05) is 32.5 Å². The highest BCUT2D eigenvalue weighted by atomic mass is 32.2. The van der Waals surface area contributed by atoms with Gasteiger partial charge in [-0.2, -0.15) is 5.10 Å². The van der Waals surface area contributed by atoms with E-state index in [1.54, 1.807) is 17.1 Å².